The van der Waals surface area contributed by atoms with Gasteiger partial charge in [0.25, 0.3) is 0 Å². The third-order valence-corrected chi connectivity index (χ3v) is 12.4. The molecule has 1 heterocycles. The molecule has 7 N–H and O–H groups in total. The van der Waals surface area contributed by atoms with Gasteiger partial charge in [0.2, 0.25) is 5.91 Å². The van der Waals surface area contributed by atoms with Crippen molar-refractivity contribution in [2.75, 3.05) is 13.2 Å². The van der Waals surface area contributed by atoms with Gasteiger partial charge in [0.1, 0.15) is 30.5 Å². The van der Waals surface area contributed by atoms with Gasteiger partial charge in [0, 0.05) is 0 Å². The molecular weight excluding hydrogens is 771 g/mol. The maximum absolute atomic E-state index is 13.1. The lowest BCUT2D eigenvalue weighted by atomic mass is 9.99. The Morgan fingerprint density at radius 1 is 0.557 bits per heavy atom. The van der Waals surface area contributed by atoms with Crippen molar-refractivity contribution < 1.29 is 44.9 Å². The second-order valence-corrected chi connectivity index (χ2v) is 18.1. The van der Waals surface area contributed by atoms with E-state index in [1.807, 2.05) is 6.08 Å². The van der Waals surface area contributed by atoms with Crippen LogP contribution in [0.1, 0.15) is 232 Å². The van der Waals surface area contributed by atoms with Crippen LogP contribution in [-0.4, -0.2) is 98.7 Å². The lowest BCUT2D eigenvalue weighted by Gasteiger charge is -2.40. The van der Waals surface area contributed by atoms with Crippen LogP contribution in [-0.2, 0) is 14.3 Å². The van der Waals surface area contributed by atoms with E-state index in [9.17, 15) is 35.4 Å². The van der Waals surface area contributed by atoms with Crippen molar-refractivity contribution >= 4 is 5.91 Å². The van der Waals surface area contributed by atoms with Crippen molar-refractivity contribution in [2.45, 2.75) is 281 Å². The van der Waals surface area contributed by atoms with Gasteiger partial charge in [0.15, 0.2) is 6.29 Å². The predicted molar refractivity (Wildman–Crippen MR) is 250 cm³/mol. The summed E-state index contributed by atoms with van der Waals surface area (Å²) in [6.45, 7) is 3.62. The van der Waals surface area contributed by atoms with E-state index < -0.39 is 61.5 Å². The third-order valence-electron chi connectivity index (χ3n) is 12.4. The first-order valence-corrected chi connectivity index (χ1v) is 25.7. The van der Waals surface area contributed by atoms with Crippen molar-refractivity contribution in [1.82, 2.24) is 5.32 Å². The van der Waals surface area contributed by atoms with E-state index in [4.69, 9.17) is 9.47 Å². The van der Waals surface area contributed by atoms with Crippen LogP contribution in [0.3, 0.4) is 0 Å². The summed E-state index contributed by atoms with van der Waals surface area (Å²) >= 11 is 0. The Bertz CT molecular complexity index is 1030. The van der Waals surface area contributed by atoms with E-state index in [2.05, 4.69) is 31.3 Å². The molecule has 1 rings (SSSR count). The van der Waals surface area contributed by atoms with Gasteiger partial charge in [-0.05, 0) is 44.9 Å². The average Bonchev–Trinajstić information content (AvgIpc) is 3.26. The van der Waals surface area contributed by atoms with Gasteiger partial charge in [-0.25, -0.2) is 0 Å². The van der Waals surface area contributed by atoms with Crippen molar-refractivity contribution in [3.05, 3.63) is 24.3 Å². The standard InChI is InChI=1S/C51H97NO9/c1-3-5-7-9-11-13-15-17-19-21-22-24-26-28-30-32-34-36-38-40-45(55)50(59)52-43(42-60-51-49(58)48(57)47(56)46(41-53)61-51)44(54)39-37-35-33-31-29-27-25-23-20-18-16-14-12-10-8-6-4-2/h22,24,37,39,43-49,51,53-58H,3-21,23,25-36,38,40-42H2,1-2H3,(H,52,59)/b24-22-,39-37+. The number of aliphatic hydroxyl groups excluding tert-OH is 6. The Morgan fingerprint density at radius 2 is 0.951 bits per heavy atom. The SMILES string of the molecule is CCCCCCCCCCC/C=C\CCCCCCCCC(O)C(=O)NC(COC1OC(CO)C(O)C(O)C1O)C(O)/C=C/CCCCCCCCCCCCCCCCC. The van der Waals surface area contributed by atoms with Crippen LogP contribution in [0.15, 0.2) is 24.3 Å². The number of nitrogens with one attached hydrogen (secondary N) is 1. The summed E-state index contributed by atoms with van der Waals surface area (Å²) in [4.78, 5) is 13.1. The smallest absolute Gasteiger partial charge is 0.249 e. The number of amides is 1. The normalized spacial score (nSPS) is 21.1. The second kappa shape index (κ2) is 41.3. The van der Waals surface area contributed by atoms with E-state index in [0.29, 0.717) is 12.8 Å². The number of aliphatic hydroxyl groups is 6. The Hall–Kier alpha value is -1.37. The molecule has 61 heavy (non-hydrogen) atoms. The van der Waals surface area contributed by atoms with Gasteiger partial charge >= 0.3 is 0 Å². The van der Waals surface area contributed by atoms with Gasteiger partial charge in [-0.1, -0.05) is 212 Å². The summed E-state index contributed by atoms with van der Waals surface area (Å²) in [6.07, 6.45) is 39.7. The maximum Gasteiger partial charge on any atom is 0.249 e. The van der Waals surface area contributed by atoms with E-state index in [0.717, 1.165) is 44.9 Å². The summed E-state index contributed by atoms with van der Waals surface area (Å²) in [7, 11) is 0. The molecule has 1 saturated heterocycles. The highest BCUT2D eigenvalue weighted by atomic mass is 16.7. The number of hydrogen-bond acceptors (Lipinski definition) is 9. The Kier molecular flexibility index (Phi) is 39.1. The minimum absolute atomic E-state index is 0.304. The lowest BCUT2D eigenvalue weighted by molar-refractivity contribution is -0.302. The molecular formula is C51H97NO9. The van der Waals surface area contributed by atoms with Crippen molar-refractivity contribution in [2.24, 2.45) is 0 Å². The molecule has 0 saturated carbocycles. The summed E-state index contributed by atoms with van der Waals surface area (Å²) in [6, 6.07) is -0.981. The van der Waals surface area contributed by atoms with Crippen LogP contribution < -0.4 is 5.32 Å². The van der Waals surface area contributed by atoms with E-state index >= 15 is 0 Å². The quantitative estimate of drug-likeness (QED) is 0.0233. The molecule has 1 amide bonds. The largest absolute Gasteiger partial charge is 0.394 e. The Balaban J connectivity index is 2.36. The molecule has 1 fully saturated rings. The molecule has 0 radical (unpaired) electrons. The number of carbonyl (C=O) groups is 1. The van der Waals surface area contributed by atoms with Crippen LogP contribution in [0.4, 0.5) is 0 Å². The van der Waals surface area contributed by atoms with Crippen molar-refractivity contribution in [3.8, 4) is 0 Å². The first-order chi connectivity index (χ1) is 29.8. The lowest BCUT2D eigenvalue weighted by Crippen LogP contribution is -2.60. The van der Waals surface area contributed by atoms with Gasteiger partial charge in [-0.2, -0.15) is 0 Å². The first kappa shape index (κ1) is 57.6. The molecule has 0 aromatic heterocycles. The van der Waals surface area contributed by atoms with E-state index in [1.165, 1.54) is 161 Å². The minimum Gasteiger partial charge on any atom is -0.394 e. The van der Waals surface area contributed by atoms with Crippen molar-refractivity contribution in [3.63, 3.8) is 0 Å². The zero-order valence-electron chi connectivity index (χ0n) is 39.3. The zero-order valence-corrected chi connectivity index (χ0v) is 39.3. The number of unbranched alkanes of at least 4 members (excludes halogenated alkanes) is 30. The maximum atomic E-state index is 13.1. The number of rotatable bonds is 43. The fraction of sp³-hybridized carbons (Fsp3) is 0.902. The van der Waals surface area contributed by atoms with Crippen LogP contribution in [0.2, 0.25) is 0 Å². The van der Waals surface area contributed by atoms with Crippen LogP contribution in [0.5, 0.6) is 0 Å². The minimum atomic E-state index is -1.61. The summed E-state index contributed by atoms with van der Waals surface area (Å²) in [5, 5.41) is 64.8. The van der Waals surface area contributed by atoms with Crippen LogP contribution >= 0.6 is 0 Å². The van der Waals surface area contributed by atoms with Gasteiger partial charge < -0.3 is 45.4 Å². The highest BCUT2D eigenvalue weighted by molar-refractivity contribution is 5.80. The van der Waals surface area contributed by atoms with Crippen LogP contribution in [0.25, 0.3) is 0 Å². The average molecular weight is 868 g/mol. The van der Waals surface area contributed by atoms with E-state index in [1.54, 1.807) is 6.08 Å². The summed E-state index contributed by atoms with van der Waals surface area (Å²) < 4.78 is 11.2. The molecule has 360 valence electrons. The number of ether oxygens (including phenoxy) is 2. The molecule has 0 aromatic rings. The molecule has 0 aliphatic carbocycles. The second-order valence-electron chi connectivity index (χ2n) is 18.1. The van der Waals surface area contributed by atoms with Gasteiger partial charge in [0.05, 0.1) is 25.4 Å². The molecule has 1 aliphatic rings. The number of hydrogen-bond donors (Lipinski definition) is 7. The Morgan fingerprint density at radius 3 is 1.38 bits per heavy atom. The molecule has 0 spiro atoms. The van der Waals surface area contributed by atoms with Gasteiger partial charge in [-0.3, -0.25) is 4.79 Å². The molecule has 8 atom stereocenters. The predicted octanol–water partition coefficient (Wildman–Crippen LogP) is 10.4. The molecule has 1 aliphatic heterocycles. The molecule has 0 aromatic carbocycles. The summed E-state index contributed by atoms with van der Waals surface area (Å²) in [5.41, 5.74) is 0. The van der Waals surface area contributed by atoms with Crippen LogP contribution in [0, 0.1) is 0 Å². The highest BCUT2D eigenvalue weighted by Gasteiger charge is 2.44. The van der Waals surface area contributed by atoms with E-state index in [-0.39, 0.29) is 6.61 Å². The number of carbonyl (C=O) groups excluding carboxylic acids is 1. The third kappa shape index (κ3) is 31.2. The molecule has 10 nitrogen and oxygen atoms in total. The number of allylic oxidation sites excluding steroid dienone is 3. The summed E-state index contributed by atoms with van der Waals surface area (Å²) in [5.74, 6) is -0.619. The fourth-order valence-electron chi connectivity index (χ4n) is 8.16. The fourth-order valence-corrected chi connectivity index (χ4v) is 8.16. The molecule has 0 bridgehead atoms. The first-order valence-electron chi connectivity index (χ1n) is 25.7. The Labute approximate surface area is 373 Å². The van der Waals surface area contributed by atoms with Gasteiger partial charge in [-0.15, -0.1) is 0 Å². The zero-order chi connectivity index (χ0) is 44.6. The molecule has 8 unspecified atom stereocenters. The topological polar surface area (TPSA) is 169 Å². The van der Waals surface area contributed by atoms with Crippen molar-refractivity contribution in [1.29, 1.82) is 0 Å². The highest BCUT2D eigenvalue weighted by Crippen LogP contribution is 2.23. The molecule has 10 heteroatoms. The monoisotopic (exact) mass is 868 g/mol.